The molecule has 3 aromatic rings. The van der Waals surface area contributed by atoms with Crippen molar-refractivity contribution in [2.75, 3.05) is 0 Å². The lowest BCUT2D eigenvalue weighted by molar-refractivity contribution is 0.0616. The van der Waals surface area contributed by atoms with Crippen LogP contribution in [0.15, 0.2) is 65.9 Å². The third-order valence-electron chi connectivity index (χ3n) is 3.74. The van der Waals surface area contributed by atoms with E-state index in [1.807, 2.05) is 18.2 Å². The second-order valence-corrected chi connectivity index (χ2v) is 5.13. The molecule has 0 saturated heterocycles. The summed E-state index contributed by atoms with van der Waals surface area (Å²) in [5.74, 6) is -0.849. The number of hydrogen-bond acceptors (Lipinski definition) is 4. The summed E-state index contributed by atoms with van der Waals surface area (Å²) in [4.78, 5) is 29.3. The topological polar surface area (TPSA) is 62.6 Å². The number of aromatic nitrogens is 1. The standard InChI is InChI=1S/C18H11N3O2/c22-17-14-8-3-5-12-6-4-9-15(16(12)14)18(23)21(17)20-11-13-7-1-2-10-19-13/h1-11H/b20-11-. The Morgan fingerprint density at radius 3 is 2.17 bits per heavy atom. The third kappa shape index (κ3) is 2.10. The average molecular weight is 301 g/mol. The van der Waals surface area contributed by atoms with Gasteiger partial charge in [-0.3, -0.25) is 14.6 Å². The second-order valence-electron chi connectivity index (χ2n) is 5.13. The van der Waals surface area contributed by atoms with Crippen LogP contribution in [0.4, 0.5) is 0 Å². The summed E-state index contributed by atoms with van der Waals surface area (Å²) < 4.78 is 0. The van der Waals surface area contributed by atoms with Crippen LogP contribution in [0.2, 0.25) is 0 Å². The number of pyridine rings is 1. The molecule has 1 aliphatic heterocycles. The molecule has 0 radical (unpaired) electrons. The van der Waals surface area contributed by atoms with Gasteiger partial charge in [-0.05, 0) is 29.7 Å². The van der Waals surface area contributed by atoms with Crippen LogP contribution in [0, 0.1) is 0 Å². The molecule has 0 spiro atoms. The summed E-state index contributed by atoms with van der Waals surface area (Å²) in [5, 5.41) is 6.50. The first kappa shape index (κ1) is 13.3. The van der Waals surface area contributed by atoms with Crippen molar-refractivity contribution in [2.45, 2.75) is 0 Å². The molecule has 0 fully saturated rings. The van der Waals surface area contributed by atoms with Crippen molar-refractivity contribution in [1.29, 1.82) is 0 Å². The molecule has 0 unspecified atom stereocenters. The van der Waals surface area contributed by atoms with Gasteiger partial charge in [-0.15, -0.1) is 0 Å². The first-order valence-corrected chi connectivity index (χ1v) is 7.11. The van der Waals surface area contributed by atoms with Gasteiger partial charge in [0, 0.05) is 11.6 Å². The van der Waals surface area contributed by atoms with Crippen LogP contribution in [-0.4, -0.2) is 28.0 Å². The fourth-order valence-electron chi connectivity index (χ4n) is 2.69. The molecule has 0 aliphatic carbocycles. The number of nitrogens with zero attached hydrogens (tertiary/aromatic N) is 3. The van der Waals surface area contributed by atoms with Crippen LogP contribution in [0.1, 0.15) is 26.4 Å². The molecule has 2 aromatic carbocycles. The van der Waals surface area contributed by atoms with Crippen LogP contribution < -0.4 is 0 Å². The van der Waals surface area contributed by atoms with E-state index in [2.05, 4.69) is 10.1 Å². The first-order valence-electron chi connectivity index (χ1n) is 7.11. The molecule has 23 heavy (non-hydrogen) atoms. The summed E-state index contributed by atoms with van der Waals surface area (Å²) >= 11 is 0. The molecule has 0 atom stereocenters. The normalized spacial score (nSPS) is 14.0. The van der Waals surface area contributed by atoms with Gasteiger partial charge in [-0.2, -0.15) is 10.1 Å². The van der Waals surface area contributed by atoms with E-state index >= 15 is 0 Å². The number of hydrazone groups is 1. The summed E-state index contributed by atoms with van der Waals surface area (Å²) in [6.07, 6.45) is 3.03. The number of benzene rings is 2. The molecule has 2 amide bonds. The summed E-state index contributed by atoms with van der Waals surface area (Å²) in [6, 6.07) is 16.1. The lowest BCUT2D eigenvalue weighted by atomic mass is 9.95. The lowest BCUT2D eigenvalue weighted by Gasteiger charge is -2.22. The van der Waals surface area contributed by atoms with E-state index in [4.69, 9.17) is 0 Å². The van der Waals surface area contributed by atoms with Crippen LogP contribution in [0.5, 0.6) is 0 Å². The quantitative estimate of drug-likeness (QED) is 0.540. The Morgan fingerprint density at radius 2 is 1.57 bits per heavy atom. The first-order chi connectivity index (χ1) is 11.3. The van der Waals surface area contributed by atoms with Gasteiger partial charge in [0.05, 0.1) is 23.0 Å². The molecule has 5 nitrogen and oxygen atoms in total. The maximum Gasteiger partial charge on any atom is 0.282 e. The molecule has 1 aromatic heterocycles. The van der Waals surface area contributed by atoms with E-state index in [0.29, 0.717) is 22.2 Å². The van der Waals surface area contributed by atoms with Gasteiger partial charge in [0.25, 0.3) is 11.8 Å². The van der Waals surface area contributed by atoms with Gasteiger partial charge in [0.2, 0.25) is 0 Å². The third-order valence-corrected chi connectivity index (χ3v) is 3.74. The zero-order valence-electron chi connectivity index (χ0n) is 12.0. The highest BCUT2D eigenvalue weighted by Crippen LogP contribution is 2.29. The van der Waals surface area contributed by atoms with Gasteiger partial charge < -0.3 is 0 Å². The van der Waals surface area contributed by atoms with Crippen molar-refractivity contribution in [3.05, 3.63) is 77.6 Å². The smallest absolute Gasteiger partial charge is 0.267 e. The number of hydrogen-bond donors (Lipinski definition) is 0. The molecule has 110 valence electrons. The molecule has 1 aliphatic rings. The second kappa shape index (κ2) is 5.14. The molecule has 0 saturated carbocycles. The Labute approximate surface area is 131 Å². The van der Waals surface area contributed by atoms with Gasteiger partial charge in [0.1, 0.15) is 0 Å². The lowest BCUT2D eigenvalue weighted by Crippen LogP contribution is -2.36. The van der Waals surface area contributed by atoms with E-state index in [0.717, 1.165) is 10.4 Å². The average Bonchev–Trinajstić information content (AvgIpc) is 2.60. The van der Waals surface area contributed by atoms with Gasteiger partial charge in [-0.1, -0.05) is 30.3 Å². The van der Waals surface area contributed by atoms with Crippen LogP contribution in [-0.2, 0) is 0 Å². The molecule has 0 bridgehead atoms. The maximum absolute atomic E-state index is 12.6. The number of amides is 2. The van der Waals surface area contributed by atoms with Crippen molar-refractivity contribution < 1.29 is 9.59 Å². The highest BCUT2D eigenvalue weighted by molar-refractivity contribution is 6.25. The van der Waals surface area contributed by atoms with E-state index in [1.54, 1.807) is 42.6 Å². The monoisotopic (exact) mass is 301 g/mol. The highest BCUT2D eigenvalue weighted by atomic mass is 16.2. The van der Waals surface area contributed by atoms with Crippen LogP contribution >= 0.6 is 0 Å². The fourth-order valence-corrected chi connectivity index (χ4v) is 2.69. The van der Waals surface area contributed by atoms with E-state index < -0.39 is 11.8 Å². The molecule has 0 N–H and O–H groups in total. The Morgan fingerprint density at radius 1 is 0.870 bits per heavy atom. The molecule has 5 heteroatoms. The molecule has 4 rings (SSSR count). The number of carbonyl (C=O) groups excluding carboxylic acids is 2. The number of carbonyl (C=O) groups is 2. The van der Waals surface area contributed by atoms with Crippen LogP contribution in [0.3, 0.4) is 0 Å². The summed E-state index contributed by atoms with van der Waals surface area (Å²) in [5.41, 5.74) is 1.54. The van der Waals surface area contributed by atoms with Crippen molar-refractivity contribution in [2.24, 2.45) is 5.10 Å². The fraction of sp³-hybridized carbons (Fsp3) is 0. The van der Waals surface area contributed by atoms with E-state index in [1.165, 1.54) is 6.21 Å². The Bertz CT molecular complexity index is 914. The zero-order valence-corrected chi connectivity index (χ0v) is 12.0. The number of imide groups is 1. The Kier molecular flexibility index (Phi) is 2.98. The Balaban J connectivity index is 1.82. The van der Waals surface area contributed by atoms with Gasteiger partial charge in [-0.25, -0.2) is 0 Å². The predicted molar refractivity (Wildman–Crippen MR) is 86.3 cm³/mol. The molecular formula is C18H11N3O2. The highest BCUT2D eigenvalue weighted by Gasteiger charge is 2.32. The SMILES string of the molecule is O=C1c2cccc3cccc(c23)C(=O)N1/N=C\c1ccccn1. The minimum atomic E-state index is -0.425. The predicted octanol–water partition coefficient (Wildman–Crippen LogP) is 2.86. The van der Waals surface area contributed by atoms with Gasteiger partial charge >= 0.3 is 0 Å². The van der Waals surface area contributed by atoms with E-state index in [-0.39, 0.29) is 0 Å². The minimum absolute atomic E-state index is 0.425. The summed E-state index contributed by atoms with van der Waals surface area (Å²) in [6.45, 7) is 0. The van der Waals surface area contributed by atoms with Crippen LogP contribution in [0.25, 0.3) is 10.8 Å². The number of rotatable bonds is 2. The molecule has 2 heterocycles. The van der Waals surface area contributed by atoms with Crippen molar-refractivity contribution >= 4 is 28.8 Å². The zero-order chi connectivity index (χ0) is 15.8. The van der Waals surface area contributed by atoms with Crippen molar-refractivity contribution in [3.8, 4) is 0 Å². The molecular weight excluding hydrogens is 290 g/mol. The summed E-state index contributed by atoms with van der Waals surface area (Å²) in [7, 11) is 0. The Hall–Kier alpha value is -3.34. The van der Waals surface area contributed by atoms with Gasteiger partial charge in [0.15, 0.2) is 0 Å². The van der Waals surface area contributed by atoms with E-state index in [9.17, 15) is 9.59 Å². The largest absolute Gasteiger partial charge is 0.282 e. The maximum atomic E-state index is 12.6. The minimum Gasteiger partial charge on any atom is -0.267 e. The van der Waals surface area contributed by atoms with Crippen molar-refractivity contribution in [1.82, 2.24) is 9.99 Å². The van der Waals surface area contributed by atoms with Crippen molar-refractivity contribution in [3.63, 3.8) is 0 Å².